The van der Waals surface area contributed by atoms with Gasteiger partial charge in [0.1, 0.15) is 5.54 Å². The fourth-order valence-electron chi connectivity index (χ4n) is 3.81. The lowest BCUT2D eigenvalue weighted by Gasteiger charge is -2.39. The van der Waals surface area contributed by atoms with Crippen molar-refractivity contribution in [3.8, 4) is 0 Å². The van der Waals surface area contributed by atoms with E-state index in [0.717, 1.165) is 38.0 Å². The van der Waals surface area contributed by atoms with Gasteiger partial charge in [0.15, 0.2) is 0 Å². The lowest BCUT2D eigenvalue weighted by atomic mass is 9.79. The molecule has 2 aliphatic rings. The molecule has 2 fully saturated rings. The van der Waals surface area contributed by atoms with Crippen molar-refractivity contribution in [2.45, 2.75) is 45.7 Å². The number of likely N-dealkylation sites (tertiary alicyclic amines) is 1. The highest BCUT2D eigenvalue weighted by molar-refractivity contribution is 7.07. The van der Waals surface area contributed by atoms with Gasteiger partial charge in [-0.25, -0.2) is 4.79 Å². The average Bonchev–Trinajstić information content (AvgIpc) is 3.19. The molecule has 3 amide bonds. The maximum absolute atomic E-state index is 13.0. The highest BCUT2D eigenvalue weighted by atomic mass is 32.1. The minimum atomic E-state index is -0.769. The molecular weight excluding hydrogens is 334 g/mol. The second kappa shape index (κ2) is 7.30. The number of imide groups is 1. The number of hydrogen-bond donors (Lipinski definition) is 1. The van der Waals surface area contributed by atoms with E-state index in [1.807, 2.05) is 23.8 Å². The highest BCUT2D eigenvalue weighted by Gasteiger charge is 2.52. The number of carbonyl (C=O) groups is 2. The van der Waals surface area contributed by atoms with Crippen molar-refractivity contribution in [2.24, 2.45) is 5.92 Å². The van der Waals surface area contributed by atoms with Gasteiger partial charge in [-0.2, -0.15) is 11.3 Å². The molecule has 0 radical (unpaired) electrons. The van der Waals surface area contributed by atoms with Crippen molar-refractivity contribution in [3.63, 3.8) is 0 Å². The van der Waals surface area contributed by atoms with Gasteiger partial charge in [-0.05, 0) is 75.0 Å². The number of hydrogen-bond acceptors (Lipinski definition) is 4. The number of thiophene rings is 1. The fourth-order valence-corrected chi connectivity index (χ4v) is 4.47. The lowest BCUT2D eigenvalue weighted by molar-refractivity contribution is -0.133. The van der Waals surface area contributed by atoms with Gasteiger partial charge in [-0.15, -0.1) is 0 Å². The van der Waals surface area contributed by atoms with Gasteiger partial charge in [0.25, 0.3) is 5.91 Å². The van der Waals surface area contributed by atoms with E-state index in [2.05, 4.69) is 30.1 Å². The summed E-state index contributed by atoms with van der Waals surface area (Å²) in [5.41, 5.74) is 1.61. The molecule has 1 N–H and O–H groups in total. The quantitative estimate of drug-likeness (QED) is 0.647. The third kappa shape index (κ3) is 3.65. The van der Waals surface area contributed by atoms with Crippen LogP contribution in [0.1, 0.15) is 39.2 Å². The highest BCUT2D eigenvalue weighted by Crippen LogP contribution is 2.34. The van der Waals surface area contributed by atoms with Crippen LogP contribution in [0.25, 0.3) is 0 Å². The third-order valence-electron chi connectivity index (χ3n) is 5.59. The molecule has 0 aromatic carbocycles. The molecule has 0 aliphatic carbocycles. The number of allylic oxidation sites excluding steroid dienone is 1. The first-order chi connectivity index (χ1) is 11.9. The van der Waals surface area contributed by atoms with Crippen molar-refractivity contribution in [1.29, 1.82) is 0 Å². The Kier molecular flexibility index (Phi) is 5.29. The van der Waals surface area contributed by atoms with E-state index in [9.17, 15) is 9.59 Å². The van der Waals surface area contributed by atoms with Crippen molar-refractivity contribution < 1.29 is 9.59 Å². The number of carbonyl (C=O) groups excluding carboxylic acids is 2. The van der Waals surface area contributed by atoms with Crippen LogP contribution in [0.15, 0.2) is 28.5 Å². The van der Waals surface area contributed by atoms with E-state index in [1.54, 1.807) is 11.3 Å². The first kappa shape index (κ1) is 18.1. The van der Waals surface area contributed by atoms with Crippen LogP contribution in [0.5, 0.6) is 0 Å². The molecule has 1 aromatic heterocycles. The lowest BCUT2D eigenvalue weighted by Crippen LogP contribution is -2.54. The van der Waals surface area contributed by atoms with Gasteiger partial charge in [0, 0.05) is 6.54 Å². The summed E-state index contributed by atoms with van der Waals surface area (Å²) >= 11 is 1.58. The Labute approximate surface area is 153 Å². The van der Waals surface area contributed by atoms with Crippen LogP contribution in [-0.4, -0.2) is 46.9 Å². The van der Waals surface area contributed by atoms with E-state index in [4.69, 9.17) is 0 Å². The molecule has 2 aliphatic heterocycles. The number of nitrogens with zero attached hydrogens (tertiary/aromatic N) is 2. The normalized spacial score (nSPS) is 26.4. The van der Waals surface area contributed by atoms with Crippen LogP contribution in [-0.2, 0) is 11.3 Å². The summed E-state index contributed by atoms with van der Waals surface area (Å²) in [5.74, 6) is 0.116. The molecule has 1 atom stereocenters. The third-order valence-corrected chi connectivity index (χ3v) is 6.32. The van der Waals surface area contributed by atoms with Crippen molar-refractivity contribution >= 4 is 23.3 Å². The molecule has 6 heteroatoms. The molecule has 25 heavy (non-hydrogen) atoms. The van der Waals surface area contributed by atoms with Crippen molar-refractivity contribution in [1.82, 2.24) is 15.1 Å². The van der Waals surface area contributed by atoms with Gasteiger partial charge in [0.2, 0.25) is 0 Å². The molecule has 1 aromatic rings. The molecule has 0 spiro atoms. The molecule has 3 rings (SSSR count). The van der Waals surface area contributed by atoms with E-state index in [1.165, 1.54) is 10.5 Å². The van der Waals surface area contributed by atoms with Crippen LogP contribution in [0.4, 0.5) is 4.79 Å². The van der Waals surface area contributed by atoms with Crippen LogP contribution in [0, 0.1) is 5.92 Å². The summed E-state index contributed by atoms with van der Waals surface area (Å²) in [4.78, 5) is 29.2. The predicted molar refractivity (Wildman–Crippen MR) is 100 cm³/mol. The molecule has 3 heterocycles. The van der Waals surface area contributed by atoms with Crippen LogP contribution < -0.4 is 5.32 Å². The molecule has 5 nitrogen and oxygen atoms in total. The minimum Gasteiger partial charge on any atom is -0.323 e. The first-order valence-corrected chi connectivity index (χ1v) is 9.87. The summed E-state index contributed by atoms with van der Waals surface area (Å²) in [5, 5.41) is 6.94. The van der Waals surface area contributed by atoms with Crippen molar-refractivity contribution in [2.75, 3.05) is 19.6 Å². The predicted octanol–water partition coefficient (Wildman–Crippen LogP) is 3.24. The Hall–Kier alpha value is -1.66. The molecule has 2 saturated heterocycles. The smallest absolute Gasteiger partial charge is 0.323 e. The number of amides is 3. The summed E-state index contributed by atoms with van der Waals surface area (Å²) in [6.07, 6.45) is 4.02. The Morgan fingerprint density at radius 2 is 2.12 bits per heavy atom. The van der Waals surface area contributed by atoms with Gasteiger partial charge in [0.05, 0.1) is 6.54 Å². The van der Waals surface area contributed by atoms with Crippen molar-refractivity contribution in [3.05, 3.63) is 34.0 Å². The van der Waals surface area contributed by atoms with Gasteiger partial charge in [-0.1, -0.05) is 11.6 Å². The van der Waals surface area contributed by atoms with E-state index < -0.39 is 5.54 Å². The Bertz CT molecular complexity index is 662. The maximum Gasteiger partial charge on any atom is 0.325 e. The van der Waals surface area contributed by atoms with E-state index in [-0.39, 0.29) is 17.9 Å². The largest absolute Gasteiger partial charge is 0.325 e. The SMILES string of the molecule is C/C=C(\C)CN1CCC([C@]2(C)NC(=O)N(Cc3ccsc3)C2=O)CC1. The number of rotatable bonds is 5. The van der Waals surface area contributed by atoms with Crippen LogP contribution >= 0.6 is 11.3 Å². The zero-order valence-electron chi connectivity index (χ0n) is 15.2. The zero-order chi connectivity index (χ0) is 18.0. The van der Waals surface area contributed by atoms with Gasteiger partial charge in [-0.3, -0.25) is 14.6 Å². The zero-order valence-corrected chi connectivity index (χ0v) is 16.1. The molecule has 0 bridgehead atoms. The summed E-state index contributed by atoms with van der Waals surface area (Å²) in [7, 11) is 0. The topological polar surface area (TPSA) is 52.7 Å². The fraction of sp³-hybridized carbons (Fsp3) is 0.579. The summed E-state index contributed by atoms with van der Waals surface area (Å²) < 4.78 is 0. The number of urea groups is 1. The molecular formula is C19H27N3O2S. The van der Waals surface area contributed by atoms with E-state index in [0.29, 0.717) is 6.54 Å². The average molecular weight is 362 g/mol. The minimum absolute atomic E-state index is 0.0771. The standard InChI is InChI=1S/C19H27N3O2S/c1-4-14(2)11-21-8-5-16(6-9-21)19(3)17(23)22(18(24)20-19)12-15-7-10-25-13-15/h4,7,10,13,16H,5-6,8-9,11-12H2,1-3H3,(H,20,24)/b14-4+/t19-/m0/s1. The second-order valence-electron chi connectivity index (χ2n) is 7.34. The molecule has 0 unspecified atom stereocenters. The second-order valence-corrected chi connectivity index (χ2v) is 8.12. The Morgan fingerprint density at radius 3 is 2.72 bits per heavy atom. The first-order valence-electron chi connectivity index (χ1n) is 8.93. The summed E-state index contributed by atoms with van der Waals surface area (Å²) in [6.45, 7) is 9.42. The van der Waals surface area contributed by atoms with Gasteiger partial charge < -0.3 is 5.32 Å². The van der Waals surface area contributed by atoms with E-state index >= 15 is 0 Å². The monoisotopic (exact) mass is 361 g/mol. The number of piperidine rings is 1. The molecule has 0 saturated carbocycles. The maximum atomic E-state index is 13.0. The van der Waals surface area contributed by atoms with Crippen LogP contribution in [0.2, 0.25) is 0 Å². The Morgan fingerprint density at radius 1 is 1.40 bits per heavy atom. The van der Waals surface area contributed by atoms with Gasteiger partial charge >= 0.3 is 6.03 Å². The Balaban J connectivity index is 1.64. The molecule has 136 valence electrons. The van der Waals surface area contributed by atoms with Crippen LogP contribution in [0.3, 0.4) is 0 Å². The number of nitrogens with one attached hydrogen (secondary N) is 1. The summed E-state index contributed by atoms with van der Waals surface area (Å²) in [6, 6.07) is 1.70.